The van der Waals surface area contributed by atoms with Gasteiger partial charge in [0.15, 0.2) is 6.04 Å². The molecule has 0 saturated carbocycles. The summed E-state index contributed by atoms with van der Waals surface area (Å²) >= 11 is 0. The molecular weight excluding hydrogens is 386 g/mol. The van der Waals surface area contributed by atoms with E-state index in [2.05, 4.69) is 16.4 Å². The first-order valence-corrected chi connectivity index (χ1v) is 8.36. The summed E-state index contributed by atoms with van der Waals surface area (Å²) in [6.07, 6.45) is 0.134. The number of para-hydroxylation sites is 1. The summed E-state index contributed by atoms with van der Waals surface area (Å²) in [4.78, 5) is 34.2. The standard InChI is InChI=1S/C19H21N3O5.ClH/c20-16(18(25)26)11-13(17(23)24)10-12-6-8-15(9-7-12)22-19(27)21-14-4-2-1-3-5-14;/h1-9,13,16H,10-11,20H2,(H,23,24)(H,25,26)(H2,21,22,27);1H/t13-,16+;/m0./s1. The van der Waals surface area contributed by atoms with Crippen LogP contribution >= 0.6 is 0 Å². The molecule has 2 aromatic carbocycles. The van der Waals surface area contributed by atoms with Crippen LogP contribution in [0.25, 0.3) is 0 Å². The number of nitrogens with one attached hydrogen (secondary N) is 2. The first kappa shape index (κ1) is 22.9. The van der Waals surface area contributed by atoms with Crippen molar-refractivity contribution in [3.8, 4) is 0 Å². The van der Waals surface area contributed by atoms with Crippen LogP contribution < -0.4 is 28.8 Å². The lowest BCUT2D eigenvalue weighted by Gasteiger charge is -2.14. The van der Waals surface area contributed by atoms with E-state index < -0.39 is 29.9 Å². The number of anilines is 2. The van der Waals surface area contributed by atoms with Crippen LogP contribution in [0, 0.1) is 5.92 Å². The predicted octanol–water partition coefficient (Wildman–Crippen LogP) is -1.34. The molecule has 0 aliphatic rings. The second-order valence-electron chi connectivity index (χ2n) is 6.15. The van der Waals surface area contributed by atoms with Crippen LogP contribution in [0.5, 0.6) is 0 Å². The Bertz CT molecular complexity index is 799. The molecule has 28 heavy (non-hydrogen) atoms. The predicted molar refractivity (Wildman–Crippen MR) is 99.3 cm³/mol. The molecule has 0 aromatic heterocycles. The third-order valence-corrected chi connectivity index (χ3v) is 3.99. The lowest BCUT2D eigenvalue weighted by Crippen LogP contribution is -3.00. The zero-order valence-corrected chi connectivity index (χ0v) is 15.7. The number of rotatable bonds is 8. The Balaban J connectivity index is 0.00000392. The van der Waals surface area contributed by atoms with E-state index in [0.29, 0.717) is 11.4 Å². The van der Waals surface area contributed by atoms with Crippen LogP contribution in [0.1, 0.15) is 12.0 Å². The average Bonchev–Trinajstić information content (AvgIpc) is 2.63. The Hall–Kier alpha value is -3.10. The highest BCUT2D eigenvalue weighted by atomic mass is 35.5. The van der Waals surface area contributed by atoms with E-state index >= 15 is 0 Å². The number of amides is 2. The van der Waals surface area contributed by atoms with Crippen LogP contribution in [0.3, 0.4) is 0 Å². The van der Waals surface area contributed by atoms with Gasteiger partial charge in [-0.1, -0.05) is 30.3 Å². The first-order valence-electron chi connectivity index (χ1n) is 8.36. The monoisotopic (exact) mass is 407 g/mol. The van der Waals surface area contributed by atoms with Crippen molar-refractivity contribution in [1.82, 2.24) is 0 Å². The van der Waals surface area contributed by atoms with Gasteiger partial charge in [0.25, 0.3) is 0 Å². The van der Waals surface area contributed by atoms with Gasteiger partial charge in [-0.15, -0.1) is 0 Å². The summed E-state index contributed by atoms with van der Waals surface area (Å²) in [5, 5.41) is 23.6. The van der Waals surface area contributed by atoms with E-state index in [-0.39, 0.29) is 25.2 Å². The van der Waals surface area contributed by atoms with E-state index in [1.54, 1.807) is 36.4 Å². The molecule has 0 unspecified atom stereocenters. The Morgan fingerprint density at radius 3 is 1.89 bits per heavy atom. The highest BCUT2D eigenvalue weighted by Crippen LogP contribution is 2.17. The number of hydrogen-bond acceptors (Lipinski definition) is 3. The fraction of sp³-hybridized carbons (Fsp3) is 0.211. The van der Waals surface area contributed by atoms with Gasteiger partial charge in [-0.2, -0.15) is 0 Å². The van der Waals surface area contributed by atoms with Crippen LogP contribution in [0.15, 0.2) is 54.6 Å². The summed E-state index contributed by atoms with van der Waals surface area (Å²) in [5.41, 5.74) is 5.41. The fourth-order valence-electron chi connectivity index (χ4n) is 2.54. The number of quaternary nitrogens is 1. The number of hydrogen-bond donors (Lipinski definition) is 5. The molecule has 8 nitrogen and oxygen atoms in total. The van der Waals surface area contributed by atoms with Crippen LogP contribution in [-0.4, -0.2) is 34.2 Å². The quantitative estimate of drug-likeness (QED) is 0.368. The first-order chi connectivity index (χ1) is 12.8. The highest BCUT2D eigenvalue weighted by molar-refractivity contribution is 5.99. The SMILES string of the molecule is [Cl-].[NH3+][C@H](C[C@H](Cc1ccc(NC(=O)Nc2ccccc2)cc1)C(=O)O)C(=O)O. The molecule has 7 N–H and O–H groups in total. The topological polar surface area (TPSA) is 143 Å². The third kappa shape index (κ3) is 7.26. The summed E-state index contributed by atoms with van der Waals surface area (Å²) in [6.45, 7) is 0. The number of urea groups is 1. The summed E-state index contributed by atoms with van der Waals surface area (Å²) in [5.74, 6) is -3.02. The molecule has 2 rings (SSSR count). The number of carbonyl (C=O) groups is 3. The summed E-state index contributed by atoms with van der Waals surface area (Å²) in [7, 11) is 0. The number of benzene rings is 2. The number of carbonyl (C=O) groups excluding carboxylic acids is 1. The van der Waals surface area contributed by atoms with Gasteiger partial charge in [0.1, 0.15) is 0 Å². The smallest absolute Gasteiger partial charge is 0.362 e. The molecule has 0 aliphatic heterocycles. The second kappa shape index (κ2) is 10.9. The van der Waals surface area contributed by atoms with E-state index in [1.165, 1.54) is 0 Å². The Kier molecular flexibility index (Phi) is 8.94. The molecule has 9 heteroatoms. The molecule has 2 aromatic rings. The van der Waals surface area contributed by atoms with Crippen molar-refractivity contribution in [2.24, 2.45) is 5.92 Å². The van der Waals surface area contributed by atoms with Crippen molar-refractivity contribution in [2.75, 3.05) is 10.6 Å². The van der Waals surface area contributed by atoms with Crippen LogP contribution in [0.2, 0.25) is 0 Å². The largest absolute Gasteiger partial charge is 1.00 e. The van der Waals surface area contributed by atoms with Crippen molar-refractivity contribution in [3.05, 3.63) is 60.2 Å². The van der Waals surface area contributed by atoms with Crippen molar-refractivity contribution >= 4 is 29.3 Å². The van der Waals surface area contributed by atoms with Crippen LogP contribution in [-0.2, 0) is 16.0 Å². The maximum Gasteiger partial charge on any atom is 0.362 e. The molecule has 0 bridgehead atoms. The zero-order valence-electron chi connectivity index (χ0n) is 15.0. The van der Waals surface area contributed by atoms with E-state index in [0.717, 1.165) is 5.56 Å². The van der Waals surface area contributed by atoms with Gasteiger partial charge in [0, 0.05) is 17.8 Å². The zero-order chi connectivity index (χ0) is 19.8. The normalized spacial score (nSPS) is 12.2. The summed E-state index contributed by atoms with van der Waals surface area (Å²) in [6, 6.07) is 14.4. The molecule has 0 radical (unpaired) electrons. The molecule has 0 saturated heterocycles. The van der Waals surface area contributed by atoms with Crippen molar-refractivity contribution in [1.29, 1.82) is 0 Å². The number of carboxylic acid groups (broad SMARTS) is 2. The minimum Gasteiger partial charge on any atom is -1.00 e. The van der Waals surface area contributed by atoms with Gasteiger partial charge in [-0.25, -0.2) is 9.59 Å². The Morgan fingerprint density at radius 2 is 1.39 bits per heavy atom. The Labute approximate surface area is 168 Å². The second-order valence-corrected chi connectivity index (χ2v) is 6.15. The number of aliphatic carboxylic acids is 2. The highest BCUT2D eigenvalue weighted by Gasteiger charge is 2.27. The third-order valence-electron chi connectivity index (χ3n) is 3.99. The number of halogens is 1. The molecule has 0 fully saturated rings. The van der Waals surface area contributed by atoms with Crippen LogP contribution in [0.4, 0.5) is 16.2 Å². The van der Waals surface area contributed by atoms with E-state index in [1.807, 2.05) is 18.2 Å². The minimum absolute atomic E-state index is 0. The van der Waals surface area contributed by atoms with Crippen molar-refractivity contribution in [2.45, 2.75) is 18.9 Å². The van der Waals surface area contributed by atoms with E-state index in [4.69, 9.17) is 5.11 Å². The number of carboxylic acids is 2. The minimum atomic E-state index is -1.12. The van der Waals surface area contributed by atoms with Gasteiger partial charge < -0.3 is 39.0 Å². The molecule has 0 heterocycles. The molecule has 2 atom stereocenters. The molecule has 2 amide bonds. The fourth-order valence-corrected chi connectivity index (χ4v) is 2.54. The lowest BCUT2D eigenvalue weighted by molar-refractivity contribution is -0.410. The maximum absolute atomic E-state index is 12.0. The molecule has 0 aliphatic carbocycles. The molecule has 0 spiro atoms. The maximum atomic E-state index is 12.0. The Morgan fingerprint density at radius 1 is 0.857 bits per heavy atom. The van der Waals surface area contributed by atoms with Crippen molar-refractivity contribution in [3.63, 3.8) is 0 Å². The van der Waals surface area contributed by atoms with Gasteiger partial charge in [0.05, 0.1) is 5.92 Å². The van der Waals surface area contributed by atoms with Gasteiger partial charge in [-0.3, -0.25) is 4.79 Å². The molecular formula is C19H22ClN3O5. The van der Waals surface area contributed by atoms with Gasteiger partial charge in [-0.05, 0) is 36.2 Å². The van der Waals surface area contributed by atoms with Gasteiger partial charge >= 0.3 is 18.0 Å². The van der Waals surface area contributed by atoms with Crippen molar-refractivity contribution < 1.29 is 42.7 Å². The average molecular weight is 408 g/mol. The van der Waals surface area contributed by atoms with E-state index in [9.17, 15) is 19.5 Å². The molecule has 150 valence electrons. The van der Waals surface area contributed by atoms with Gasteiger partial charge in [0.2, 0.25) is 0 Å². The lowest BCUT2D eigenvalue weighted by atomic mass is 9.93. The summed E-state index contributed by atoms with van der Waals surface area (Å²) < 4.78 is 0.